The van der Waals surface area contributed by atoms with E-state index < -0.39 is 47.9 Å². The lowest BCUT2D eigenvalue weighted by atomic mass is 9.99. The minimum Gasteiger partial charge on any atom is -0.480 e. The Morgan fingerprint density at radius 3 is 2.19 bits per heavy atom. The van der Waals surface area contributed by atoms with Crippen molar-refractivity contribution in [3.63, 3.8) is 0 Å². The maximum atomic E-state index is 13.2. The topological polar surface area (TPSA) is 166 Å². The van der Waals surface area contributed by atoms with E-state index in [2.05, 4.69) is 20.9 Å². The molecule has 1 aromatic heterocycles. The van der Waals surface area contributed by atoms with Crippen molar-refractivity contribution >= 4 is 34.6 Å². The molecule has 10 heteroatoms. The molecule has 1 heterocycles. The van der Waals surface area contributed by atoms with Gasteiger partial charge in [-0.3, -0.25) is 14.4 Å². The number of aliphatic carboxylic acids is 1. The Balaban J connectivity index is 2.22. The summed E-state index contributed by atoms with van der Waals surface area (Å²) in [5, 5.41) is 18.3. The van der Waals surface area contributed by atoms with Gasteiger partial charge in [-0.05, 0) is 36.8 Å². The van der Waals surface area contributed by atoms with Gasteiger partial charge in [0.1, 0.15) is 18.1 Å². The van der Waals surface area contributed by atoms with E-state index in [0.29, 0.717) is 6.42 Å². The lowest BCUT2D eigenvalue weighted by Crippen LogP contribution is -2.57. The van der Waals surface area contributed by atoms with E-state index in [9.17, 15) is 24.3 Å². The number of aromatic amines is 1. The van der Waals surface area contributed by atoms with Gasteiger partial charge in [0.25, 0.3) is 0 Å². The van der Waals surface area contributed by atoms with Crippen LogP contribution < -0.4 is 21.7 Å². The number of hydrogen-bond donors (Lipinski definition) is 6. The highest BCUT2D eigenvalue weighted by Crippen LogP contribution is 2.19. The Hall–Kier alpha value is -3.40. The molecule has 0 saturated carbocycles. The van der Waals surface area contributed by atoms with E-state index >= 15 is 0 Å². The Bertz CT molecular complexity index is 1070. The molecule has 36 heavy (non-hydrogen) atoms. The zero-order valence-corrected chi connectivity index (χ0v) is 21.6. The quantitative estimate of drug-likeness (QED) is 0.244. The molecule has 2 rings (SSSR count). The van der Waals surface area contributed by atoms with Crippen molar-refractivity contribution in [1.29, 1.82) is 0 Å². The van der Waals surface area contributed by atoms with Crippen molar-refractivity contribution in [1.82, 2.24) is 20.9 Å². The number of carbonyl (C=O) groups is 4. The van der Waals surface area contributed by atoms with Crippen LogP contribution in [0.1, 0.15) is 53.0 Å². The van der Waals surface area contributed by atoms with Crippen LogP contribution in [-0.2, 0) is 25.6 Å². The average molecular weight is 502 g/mol. The fourth-order valence-electron chi connectivity index (χ4n) is 3.88. The van der Waals surface area contributed by atoms with Gasteiger partial charge in [0.05, 0.1) is 6.04 Å². The summed E-state index contributed by atoms with van der Waals surface area (Å²) in [4.78, 5) is 53.5. The molecular formula is C26H39N5O5. The van der Waals surface area contributed by atoms with Gasteiger partial charge in [-0.2, -0.15) is 0 Å². The van der Waals surface area contributed by atoms with Gasteiger partial charge in [-0.1, -0.05) is 52.3 Å². The number of carboxylic acids is 1. The Kier molecular flexibility index (Phi) is 10.5. The maximum Gasteiger partial charge on any atom is 0.326 e. The first-order valence-corrected chi connectivity index (χ1v) is 12.4. The van der Waals surface area contributed by atoms with Gasteiger partial charge >= 0.3 is 5.97 Å². The summed E-state index contributed by atoms with van der Waals surface area (Å²) < 4.78 is 0. The van der Waals surface area contributed by atoms with Gasteiger partial charge in [0, 0.05) is 23.5 Å². The molecule has 0 fully saturated rings. The number of nitrogens with two attached hydrogens (primary N) is 1. The normalized spacial score (nSPS) is 15.5. The van der Waals surface area contributed by atoms with Crippen molar-refractivity contribution in [2.24, 2.45) is 17.6 Å². The first-order chi connectivity index (χ1) is 16.9. The van der Waals surface area contributed by atoms with Gasteiger partial charge in [0.2, 0.25) is 17.7 Å². The number of hydrogen-bond acceptors (Lipinski definition) is 5. The molecule has 5 unspecified atom stereocenters. The smallest absolute Gasteiger partial charge is 0.326 e. The number of fused-ring (bicyclic) bond motifs is 1. The lowest BCUT2D eigenvalue weighted by Gasteiger charge is -2.25. The molecule has 10 nitrogen and oxygen atoms in total. The van der Waals surface area contributed by atoms with E-state index in [1.54, 1.807) is 6.20 Å². The minimum absolute atomic E-state index is 0.0398. The lowest BCUT2D eigenvalue weighted by molar-refractivity contribution is -0.142. The fourth-order valence-corrected chi connectivity index (χ4v) is 3.88. The average Bonchev–Trinajstić information content (AvgIpc) is 3.24. The van der Waals surface area contributed by atoms with Crippen LogP contribution in [0.2, 0.25) is 0 Å². The summed E-state index contributed by atoms with van der Waals surface area (Å²) in [5.74, 6) is -2.80. The van der Waals surface area contributed by atoms with E-state index in [0.717, 1.165) is 16.5 Å². The molecular weight excluding hydrogens is 462 g/mol. The number of carboxylic acid groups (broad SMARTS) is 1. The molecule has 0 aliphatic carbocycles. The molecule has 0 bridgehead atoms. The number of H-pyrrole nitrogens is 1. The summed E-state index contributed by atoms with van der Waals surface area (Å²) >= 11 is 0. The number of para-hydroxylation sites is 1. The molecule has 198 valence electrons. The summed E-state index contributed by atoms with van der Waals surface area (Å²) in [5.41, 5.74) is 7.63. The van der Waals surface area contributed by atoms with Crippen molar-refractivity contribution in [2.45, 2.75) is 78.0 Å². The third kappa shape index (κ3) is 7.81. The highest BCUT2D eigenvalue weighted by atomic mass is 16.4. The zero-order valence-electron chi connectivity index (χ0n) is 21.6. The second-order valence-corrected chi connectivity index (χ2v) is 9.80. The van der Waals surface area contributed by atoms with E-state index in [1.165, 1.54) is 6.92 Å². The first-order valence-electron chi connectivity index (χ1n) is 12.4. The maximum absolute atomic E-state index is 13.2. The second-order valence-electron chi connectivity index (χ2n) is 9.80. The van der Waals surface area contributed by atoms with Crippen LogP contribution in [0.4, 0.5) is 0 Å². The van der Waals surface area contributed by atoms with Crippen LogP contribution in [0.25, 0.3) is 10.9 Å². The standard InChI is InChI=1S/C26H39N5O5/c1-6-15(4)22(27)25(34)29-16(5)23(32)30-20(24(33)31-21(26(35)36)11-14(2)3)12-17-13-28-19-10-8-7-9-18(17)19/h7-10,13-16,20-22,28H,6,11-12,27H2,1-5H3,(H,29,34)(H,30,32)(H,31,33)(H,35,36). The van der Waals surface area contributed by atoms with Crippen LogP contribution in [0, 0.1) is 11.8 Å². The molecule has 5 atom stereocenters. The molecule has 3 amide bonds. The van der Waals surface area contributed by atoms with Crippen LogP contribution in [-0.4, -0.2) is 57.9 Å². The van der Waals surface area contributed by atoms with Crippen molar-refractivity contribution in [3.05, 3.63) is 36.0 Å². The van der Waals surface area contributed by atoms with Gasteiger partial charge < -0.3 is 31.8 Å². The first kappa shape index (κ1) is 28.8. The number of aromatic nitrogens is 1. The molecule has 0 aliphatic rings. The van der Waals surface area contributed by atoms with Gasteiger partial charge in [0.15, 0.2) is 0 Å². The molecule has 0 aliphatic heterocycles. The predicted molar refractivity (Wildman–Crippen MR) is 138 cm³/mol. The number of nitrogens with one attached hydrogen (secondary N) is 4. The summed E-state index contributed by atoms with van der Waals surface area (Å²) in [6.07, 6.45) is 2.84. The van der Waals surface area contributed by atoms with Crippen molar-refractivity contribution in [3.8, 4) is 0 Å². The second kappa shape index (κ2) is 13.1. The minimum atomic E-state index is -1.14. The van der Waals surface area contributed by atoms with E-state index in [-0.39, 0.29) is 24.7 Å². The molecule has 7 N–H and O–H groups in total. The molecule has 2 aromatic rings. The Morgan fingerprint density at radius 1 is 0.944 bits per heavy atom. The van der Waals surface area contributed by atoms with Crippen molar-refractivity contribution < 1.29 is 24.3 Å². The number of amides is 3. The molecule has 0 saturated heterocycles. The van der Waals surface area contributed by atoms with E-state index in [1.807, 2.05) is 52.0 Å². The molecule has 0 spiro atoms. The SMILES string of the molecule is CCC(C)C(N)C(=O)NC(C)C(=O)NC(Cc1c[nH]c2ccccc12)C(=O)NC(CC(C)C)C(=O)O. The third-order valence-electron chi connectivity index (χ3n) is 6.37. The van der Waals surface area contributed by atoms with Crippen LogP contribution in [0.5, 0.6) is 0 Å². The van der Waals surface area contributed by atoms with Gasteiger partial charge in [-0.15, -0.1) is 0 Å². The largest absolute Gasteiger partial charge is 0.480 e. The number of rotatable bonds is 13. The fraction of sp³-hybridized carbons (Fsp3) is 0.538. The van der Waals surface area contributed by atoms with Crippen LogP contribution in [0.3, 0.4) is 0 Å². The Morgan fingerprint density at radius 2 is 1.58 bits per heavy atom. The predicted octanol–water partition coefficient (Wildman–Crippen LogP) is 1.69. The van der Waals surface area contributed by atoms with Crippen LogP contribution in [0.15, 0.2) is 30.5 Å². The summed E-state index contributed by atoms with van der Waals surface area (Å²) in [7, 11) is 0. The number of benzene rings is 1. The Labute approximate surface area is 211 Å². The molecule has 1 aromatic carbocycles. The van der Waals surface area contributed by atoms with Crippen molar-refractivity contribution in [2.75, 3.05) is 0 Å². The third-order valence-corrected chi connectivity index (χ3v) is 6.37. The molecule has 0 radical (unpaired) electrons. The van der Waals surface area contributed by atoms with Crippen LogP contribution >= 0.6 is 0 Å². The van der Waals surface area contributed by atoms with E-state index in [4.69, 9.17) is 5.73 Å². The highest BCUT2D eigenvalue weighted by molar-refractivity contribution is 5.94. The zero-order chi connectivity index (χ0) is 27.0. The van der Waals surface area contributed by atoms with Gasteiger partial charge in [-0.25, -0.2) is 4.79 Å². The number of carbonyl (C=O) groups excluding carboxylic acids is 3. The monoisotopic (exact) mass is 501 g/mol. The summed E-state index contributed by atoms with van der Waals surface area (Å²) in [6, 6.07) is 3.68. The highest BCUT2D eigenvalue weighted by Gasteiger charge is 2.30. The summed E-state index contributed by atoms with van der Waals surface area (Å²) in [6.45, 7) is 9.01.